The molecule has 0 aliphatic carbocycles. The molecule has 1 aromatic rings. The van der Waals surface area contributed by atoms with Crippen LogP contribution in [0.2, 0.25) is 0 Å². The fourth-order valence-corrected chi connectivity index (χ4v) is 0.981. The van der Waals surface area contributed by atoms with E-state index < -0.39 is 6.29 Å². The summed E-state index contributed by atoms with van der Waals surface area (Å²) in [6, 6.07) is 7.00. The van der Waals surface area contributed by atoms with Gasteiger partial charge >= 0.3 is 0 Å². The number of benzene rings is 1. The molecule has 2 N–H and O–H groups in total. The third-order valence-corrected chi connectivity index (χ3v) is 1.64. The molecule has 1 aromatic carbocycles. The van der Waals surface area contributed by atoms with Crippen molar-refractivity contribution in [2.45, 2.75) is 12.9 Å². The zero-order valence-electron chi connectivity index (χ0n) is 6.90. The highest BCUT2D eigenvalue weighted by Crippen LogP contribution is 2.14. The fraction of sp³-hybridized carbons (Fsp3) is 0.333. The van der Waals surface area contributed by atoms with E-state index in [1.807, 2.05) is 0 Å². The standard InChI is InChI=1S/C9H12O3/c1-12-9(11)8-4-2-3-7(5-8)6-10/h2-5,9-11H,6H2,1H3. The van der Waals surface area contributed by atoms with Gasteiger partial charge in [-0.05, 0) is 11.6 Å². The fourth-order valence-electron chi connectivity index (χ4n) is 0.981. The molecule has 0 saturated heterocycles. The molecule has 0 amide bonds. The van der Waals surface area contributed by atoms with Gasteiger partial charge in [-0.1, -0.05) is 18.2 Å². The summed E-state index contributed by atoms with van der Waals surface area (Å²) in [5.74, 6) is 0. The smallest absolute Gasteiger partial charge is 0.180 e. The molecule has 3 nitrogen and oxygen atoms in total. The van der Waals surface area contributed by atoms with Crippen molar-refractivity contribution in [1.82, 2.24) is 0 Å². The van der Waals surface area contributed by atoms with Gasteiger partial charge < -0.3 is 14.9 Å². The predicted octanol–water partition coefficient (Wildman–Crippen LogP) is 0.816. The van der Waals surface area contributed by atoms with Crippen LogP contribution in [0.5, 0.6) is 0 Å². The molecule has 0 bridgehead atoms. The van der Waals surface area contributed by atoms with Gasteiger partial charge in [-0.2, -0.15) is 0 Å². The van der Waals surface area contributed by atoms with Gasteiger partial charge in [0.05, 0.1) is 6.61 Å². The maximum atomic E-state index is 9.25. The Labute approximate surface area is 71.2 Å². The molecular formula is C9H12O3. The first-order valence-electron chi connectivity index (χ1n) is 3.68. The third kappa shape index (κ3) is 2.04. The molecule has 66 valence electrons. The minimum Gasteiger partial charge on any atom is -0.392 e. The summed E-state index contributed by atoms with van der Waals surface area (Å²) in [5.41, 5.74) is 1.42. The van der Waals surface area contributed by atoms with E-state index in [0.717, 1.165) is 5.56 Å². The van der Waals surface area contributed by atoms with E-state index in [2.05, 4.69) is 0 Å². The van der Waals surface area contributed by atoms with Gasteiger partial charge in [0.1, 0.15) is 0 Å². The largest absolute Gasteiger partial charge is 0.392 e. The number of hydrogen-bond donors (Lipinski definition) is 2. The Balaban J connectivity index is 2.86. The Morgan fingerprint density at radius 3 is 2.83 bits per heavy atom. The molecule has 0 fully saturated rings. The van der Waals surface area contributed by atoms with E-state index in [9.17, 15) is 5.11 Å². The summed E-state index contributed by atoms with van der Waals surface area (Å²) in [7, 11) is 1.43. The van der Waals surface area contributed by atoms with Crippen LogP contribution >= 0.6 is 0 Å². The predicted molar refractivity (Wildman–Crippen MR) is 44.3 cm³/mol. The van der Waals surface area contributed by atoms with Crippen LogP contribution in [0.15, 0.2) is 24.3 Å². The monoisotopic (exact) mass is 168 g/mol. The number of aliphatic hydroxyl groups excluding tert-OH is 2. The van der Waals surface area contributed by atoms with E-state index in [1.54, 1.807) is 24.3 Å². The summed E-state index contributed by atoms with van der Waals surface area (Å²) in [6.45, 7) is -0.0235. The van der Waals surface area contributed by atoms with Crippen LogP contribution in [0.1, 0.15) is 17.4 Å². The summed E-state index contributed by atoms with van der Waals surface area (Å²) in [6.07, 6.45) is -0.906. The molecule has 0 spiro atoms. The first-order valence-corrected chi connectivity index (χ1v) is 3.68. The van der Waals surface area contributed by atoms with Gasteiger partial charge in [0.2, 0.25) is 0 Å². The van der Waals surface area contributed by atoms with Crippen LogP contribution in [-0.4, -0.2) is 17.3 Å². The van der Waals surface area contributed by atoms with E-state index in [0.29, 0.717) is 5.56 Å². The first-order chi connectivity index (χ1) is 5.77. The second-order valence-electron chi connectivity index (χ2n) is 2.49. The SMILES string of the molecule is COC(O)c1cccc(CO)c1. The minimum atomic E-state index is -0.906. The van der Waals surface area contributed by atoms with Crippen molar-refractivity contribution >= 4 is 0 Å². The second kappa shape index (κ2) is 4.21. The van der Waals surface area contributed by atoms with Crippen LogP contribution in [-0.2, 0) is 11.3 Å². The van der Waals surface area contributed by atoms with Crippen molar-refractivity contribution in [2.75, 3.05) is 7.11 Å². The first kappa shape index (κ1) is 9.19. The number of hydrogen-bond acceptors (Lipinski definition) is 3. The van der Waals surface area contributed by atoms with Crippen LogP contribution < -0.4 is 0 Å². The highest BCUT2D eigenvalue weighted by Gasteiger charge is 2.04. The zero-order valence-corrected chi connectivity index (χ0v) is 6.90. The average Bonchev–Trinajstić information content (AvgIpc) is 2.17. The summed E-state index contributed by atoms with van der Waals surface area (Å²) < 4.78 is 4.71. The molecule has 0 saturated carbocycles. The Kier molecular flexibility index (Phi) is 3.22. The van der Waals surface area contributed by atoms with E-state index in [-0.39, 0.29) is 6.61 Å². The maximum Gasteiger partial charge on any atom is 0.180 e. The molecule has 0 aliphatic rings. The Morgan fingerprint density at radius 2 is 2.25 bits per heavy atom. The average molecular weight is 168 g/mol. The summed E-state index contributed by atoms with van der Waals surface area (Å²) in [5, 5.41) is 18.0. The Morgan fingerprint density at radius 1 is 1.50 bits per heavy atom. The molecule has 0 aliphatic heterocycles. The quantitative estimate of drug-likeness (QED) is 0.657. The number of aliphatic hydroxyl groups is 2. The van der Waals surface area contributed by atoms with Gasteiger partial charge in [-0.25, -0.2) is 0 Å². The minimum absolute atomic E-state index is 0.0235. The van der Waals surface area contributed by atoms with Gasteiger partial charge in [0, 0.05) is 12.7 Å². The molecule has 0 aromatic heterocycles. The van der Waals surface area contributed by atoms with Crippen LogP contribution in [0.4, 0.5) is 0 Å². The zero-order chi connectivity index (χ0) is 8.97. The molecule has 0 radical (unpaired) electrons. The highest BCUT2D eigenvalue weighted by molar-refractivity contribution is 5.23. The normalized spacial score (nSPS) is 12.9. The van der Waals surface area contributed by atoms with Crippen molar-refractivity contribution in [3.05, 3.63) is 35.4 Å². The van der Waals surface area contributed by atoms with Gasteiger partial charge in [-0.15, -0.1) is 0 Å². The lowest BCUT2D eigenvalue weighted by atomic mass is 10.1. The van der Waals surface area contributed by atoms with Crippen molar-refractivity contribution in [1.29, 1.82) is 0 Å². The van der Waals surface area contributed by atoms with Crippen molar-refractivity contribution < 1.29 is 14.9 Å². The molecule has 3 heteroatoms. The van der Waals surface area contributed by atoms with Gasteiger partial charge in [-0.3, -0.25) is 0 Å². The second-order valence-corrected chi connectivity index (χ2v) is 2.49. The molecule has 1 unspecified atom stereocenters. The van der Waals surface area contributed by atoms with E-state index in [1.165, 1.54) is 7.11 Å². The van der Waals surface area contributed by atoms with Crippen molar-refractivity contribution in [3.8, 4) is 0 Å². The van der Waals surface area contributed by atoms with E-state index in [4.69, 9.17) is 9.84 Å². The molecule has 1 atom stereocenters. The van der Waals surface area contributed by atoms with Crippen LogP contribution in [0, 0.1) is 0 Å². The van der Waals surface area contributed by atoms with Gasteiger partial charge in [0.15, 0.2) is 6.29 Å². The summed E-state index contributed by atoms with van der Waals surface area (Å²) >= 11 is 0. The van der Waals surface area contributed by atoms with Crippen molar-refractivity contribution in [2.24, 2.45) is 0 Å². The van der Waals surface area contributed by atoms with Gasteiger partial charge in [0.25, 0.3) is 0 Å². The van der Waals surface area contributed by atoms with Crippen LogP contribution in [0.25, 0.3) is 0 Å². The lowest BCUT2D eigenvalue weighted by molar-refractivity contribution is -0.0770. The molecule has 0 heterocycles. The van der Waals surface area contributed by atoms with E-state index >= 15 is 0 Å². The Hall–Kier alpha value is -0.900. The topological polar surface area (TPSA) is 49.7 Å². The summed E-state index contributed by atoms with van der Waals surface area (Å²) in [4.78, 5) is 0. The molecular weight excluding hydrogens is 156 g/mol. The lowest BCUT2D eigenvalue weighted by Gasteiger charge is -2.08. The molecule has 1 rings (SSSR count). The van der Waals surface area contributed by atoms with Crippen LogP contribution in [0.3, 0.4) is 0 Å². The maximum absolute atomic E-state index is 9.25. The third-order valence-electron chi connectivity index (χ3n) is 1.64. The number of methoxy groups -OCH3 is 1. The highest BCUT2D eigenvalue weighted by atomic mass is 16.6. The molecule has 12 heavy (non-hydrogen) atoms. The lowest BCUT2D eigenvalue weighted by Crippen LogP contribution is -1.99. The van der Waals surface area contributed by atoms with Crippen molar-refractivity contribution in [3.63, 3.8) is 0 Å². The Bertz CT molecular complexity index is 247. The number of ether oxygens (including phenoxy) is 1. The number of rotatable bonds is 3.